The molecule has 0 unspecified atom stereocenters. The van der Waals surface area contributed by atoms with Gasteiger partial charge in [0.25, 0.3) is 0 Å². The van der Waals surface area contributed by atoms with Crippen LogP contribution < -0.4 is 0 Å². The molecular weight excluding hydrogens is 402 g/mol. The fraction of sp³-hybridized carbons (Fsp3) is 0.294. The van der Waals surface area contributed by atoms with E-state index in [2.05, 4.69) is 15.9 Å². The van der Waals surface area contributed by atoms with E-state index in [1.807, 2.05) is 18.2 Å². The lowest BCUT2D eigenvalue weighted by Gasteiger charge is -2.18. The van der Waals surface area contributed by atoms with Gasteiger partial charge in [0, 0.05) is 21.9 Å². The second-order valence-corrected chi connectivity index (χ2v) is 8.55. The fourth-order valence-corrected chi connectivity index (χ4v) is 4.40. The van der Waals surface area contributed by atoms with Crippen molar-refractivity contribution in [2.75, 3.05) is 6.26 Å². The molecule has 1 aliphatic carbocycles. The number of ether oxygens (including phenoxy) is 1. The Balaban J connectivity index is 2.03. The Hall–Kier alpha value is -1.31. The molecule has 0 N–H and O–H groups in total. The van der Waals surface area contributed by atoms with Gasteiger partial charge >= 0.3 is 0 Å². The summed E-state index contributed by atoms with van der Waals surface area (Å²) in [5.74, 6) is 0. The zero-order valence-electron chi connectivity index (χ0n) is 12.7. The summed E-state index contributed by atoms with van der Waals surface area (Å²) in [7, 11) is -3.64. The Morgan fingerprint density at radius 3 is 2.38 bits per heavy atom. The lowest BCUT2D eigenvalue weighted by atomic mass is 10.1. The van der Waals surface area contributed by atoms with Crippen LogP contribution in [-0.4, -0.2) is 20.8 Å². The van der Waals surface area contributed by atoms with E-state index in [0.29, 0.717) is 4.47 Å². The highest BCUT2D eigenvalue weighted by Gasteiger charge is 2.46. The smallest absolute Gasteiger partial charge is 0.175 e. The topological polar surface area (TPSA) is 43.4 Å². The lowest BCUT2D eigenvalue weighted by Crippen LogP contribution is -2.15. The zero-order chi connectivity index (χ0) is 17.5. The molecule has 0 amide bonds. The van der Waals surface area contributed by atoms with Crippen molar-refractivity contribution in [1.82, 2.24) is 0 Å². The van der Waals surface area contributed by atoms with E-state index < -0.39 is 28.3 Å². The van der Waals surface area contributed by atoms with Gasteiger partial charge in [0.1, 0.15) is 6.10 Å². The van der Waals surface area contributed by atoms with Gasteiger partial charge in [-0.3, -0.25) is 0 Å². The first-order valence-electron chi connectivity index (χ1n) is 7.26. The maximum atomic E-state index is 14.5. The largest absolute Gasteiger partial charge is 0.366 e. The number of sulfone groups is 1. The highest BCUT2D eigenvalue weighted by molar-refractivity contribution is 9.10. The third kappa shape index (κ3) is 3.12. The third-order valence-electron chi connectivity index (χ3n) is 3.99. The number of benzene rings is 2. The van der Waals surface area contributed by atoms with E-state index in [0.717, 1.165) is 11.8 Å². The summed E-state index contributed by atoms with van der Waals surface area (Å²) < 4.78 is 58.9. The minimum atomic E-state index is -3.64. The van der Waals surface area contributed by atoms with E-state index in [1.54, 1.807) is 12.1 Å². The predicted octanol–water partition coefficient (Wildman–Crippen LogP) is 4.47. The maximum Gasteiger partial charge on any atom is 0.175 e. The van der Waals surface area contributed by atoms with Crippen molar-refractivity contribution in [3.8, 4) is 0 Å². The van der Waals surface area contributed by atoms with Crippen molar-refractivity contribution in [2.45, 2.75) is 29.9 Å². The van der Waals surface area contributed by atoms with Gasteiger partial charge in [0.15, 0.2) is 22.2 Å². The van der Waals surface area contributed by atoms with Crippen molar-refractivity contribution >= 4 is 25.8 Å². The Bertz CT molecular complexity index is 856. The first kappa shape index (κ1) is 17.5. The molecule has 0 aliphatic heterocycles. The number of halogens is 3. The van der Waals surface area contributed by atoms with Gasteiger partial charge in [0.05, 0.1) is 11.5 Å². The van der Waals surface area contributed by atoms with E-state index in [9.17, 15) is 17.2 Å². The van der Waals surface area contributed by atoms with Gasteiger partial charge in [-0.05, 0) is 17.7 Å². The highest BCUT2D eigenvalue weighted by Crippen LogP contribution is 2.50. The quantitative estimate of drug-likeness (QED) is 0.737. The average Bonchev–Trinajstić information content (AvgIpc) is 2.78. The molecule has 128 valence electrons. The molecule has 0 radical (unpaired) electrons. The summed E-state index contributed by atoms with van der Waals surface area (Å²) in [6.07, 6.45) is -4.14. The van der Waals surface area contributed by atoms with Crippen LogP contribution in [0.3, 0.4) is 0 Å². The maximum absolute atomic E-state index is 14.5. The Labute approximate surface area is 147 Å². The minimum absolute atomic E-state index is 0.0171. The summed E-state index contributed by atoms with van der Waals surface area (Å²) in [4.78, 5) is -0.0958. The Morgan fingerprint density at radius 2 is 1.75 bits per heavy atom. The van der Waals surface area contributed by atoms with E-state index in [1.165, 1.54) is 12.1 Å². The first-order chi connectivity index (χ1) is 11.3. The van der Waals surface area contributed by atoms with Gasteiger partial charge < -0.3 is 4.74 Å². The molecule has 0 aromatic heterocycles. The van der Waals surface area contributed by atoms with Gasteiger partial charge in [-0.1, -0.05) is 46.3 Å². The van der Waals surface area contributed by atoms with Crippen molar-refractivity contribution in [1.29, 1.82) is 0 Å². The fourth-order valence-electron chi connectivity index (χ4n) is 2.89. The summed E-state index contributed by atoms with van der Waals surface area (Å²) in [5.41, 5.74) is 0.885. The van der Waals surface area contributed by atoms with Crippen molar-refractivity contribution < 1.29 is 21.9 Å². The zero-order valence-corrected chi connectivity index (χ0v) is 15.1. The second kappa shape index (κ2) is 6.54. The summed E-state index contributed by atoms with van der Waals surface area (Å²) >= 11 is 3.18. The van der Waals surface area contributed by atoms with Crippen molar-refractivity contribution in [2.24, 2.45) is 0 Å². The van der Waals surface area contributed by atoms with Gasteiger partial charge in [-0.15, -0.1) is 0 Å². The molecule has 3 atom stereocenters. The van der Waals surface area contributed by atoms with E-state index >= 15 is 0 Å². The van der Waals surface area contributed by atoms with Crippen LogP contribution in [0, 0.1) is 0 Å². The highest BCUT2D eigenvalue weighted by atomic mass is 79.9. The van der Waals surface area contributed by atoms with Crippen LogP contribution in [0.15, 0.2) is 51.8 Å². The average molecular weight is 417 g/mol. The van der Waals surface area contributed by atoms with Crippen molar-refractivity contribution in [3.05, 3.63) is 63.6 Å². The standard InChI is InChI=1S/C17H15BrF2O3S/c1-24(21,22)12-8-7-11(18)13-14(12)17(16(20)15(13)19)23-9-10-5-3-2-4-6-10/h2-8,15-17H,9H2,1H3/t15-,16-,17+/m1/s1. The molecule has 0 bridgehead atoms. The molecule has 0 spiro atoms. The number of hydrogen-bond donors (Lipinski definition) is 0. The predicted molar refractivity (Wildman–Crippen MR) is 90.0 cm³/mol. The van der Waals surface area contributed by atoms with Gasteiger partial charge in [-0.25, -0.2) is 17.2 Å². The molecule has 3 nitrogen and oxygen atoms in total. The summed E-state index contributed by atoms with van der Waals surface area (Å²) in [5, 5.41) is 0. The normalized spacial score (nSPS) is 23.2. The molecule has 2 aromatic carbocycles. The van der Waals surface area contributed by atoms with Gasteiger partial charge in [0.2, 0.25) is 0 Å². The van der Waals surface area contributed by atoms with Crippen LogP contribution >= 0.6 is 15.9 Å². The second-order valence-electron chi connectivity index (χ2n) is 5.71. The lowest BCUT2D eigenvalue weighted by molar-refractivity contribution is -0.0279. The molecule has 0 saturated carbocycles. The minimum Gasteiger partial charge on any atom is -0.366 e. The SMILES string of the molecule is CS(=O)(=O)c1ccc(Br)c2c1[C@H](OCc1ccccc1)[C@H](F)[C@@H]2F. The molecular formula is C17H15BrF2O3S. The monoisotopic (exact) mass is 416 g/mol. The van der Waals surface area contributed by atoms with E-state index in [4.69, 9.17) is 4.74 Å². The Kier molecular flexibility index (Phi) is 4.77. The van der Waals surface area contributed by atoms with Gasteiger partial charge in [-0.2, -0.15) is 0 Å². The number of alkyl halides is 2. The number of hydrogen-bond acceptors (Lipinski definition) is 3. The molecule has 7 heteroatoms. The molecule has 0 fully saturated rings. The molecule has 3 rings (SSSR count). The summed E-state index contributed by atoms with van der Waals surface area (Å²) in [6, 6.07) is 11.8. The Morgan fingerprint density at radius 1 is 1.08 bits per heavy atom. The molecule has 0 saturated heterocycles. The van der Waals surface area contributed by atoms with E-state index in [-0.39, 0.29) is 22.6 Å². The molecule has 2 aromatic rings. The number of rotatable bonds is 4. The van der Waals surface area contributed by atoms with Crippen LogP contribution in [0.1, 0.15) is 29.0 Å². The molecule has 0 heterocycles. The van der Waals surface area contributed by atoms with Crippen LogP contribution in [-0.2, 0) is 21.2 Å². The first-order valence-corrected chi connectivity index (χ1v) is 9.95. The summed E-state index contributed by atoms with van der Waals surface area (Å²) in [6.45, 7) is 0.0633. The number of fused-ring (bicyclic) bond motifs is 1. The van der Waals surface area contributed by atoms with Crippen LogP contribution in [0.5, 0.6) is 0 Å². The molecule has 24 heavy (non-hydrogen) atoms. The van der Waals surface area contributed by atoms with Crippen LogP contribution in [0.2, 0.25) is 0 Å². The third-order valence-corrected chi connectivity index (χ3v) is 5.84. The van der Waals surface area contributed by atoms with Crippen LogP contribution in [0.4, 0.5) is 8.78 Å². The van der Waals surface area contributed by atoms with Crippen molar-refractivity contribution in [3.63, 3.8) is 0 Å². The van der Waals surface area contributed by atoms with Crippen LogP contribution in [0.25, 0.3) is 0 Å². The molecule has 1 aliphatic rings.